The summed E-state index contributed by atoms with van der Waals surface area (Å²) in [7, 11) is 0. The van der Waals surface area contributed by atoms with Crippen LogP contribution < -0.4 is 10.6 Å². The van der Waals surface area contributed by atoms with Crippen LogP contribution in [0.2, 0.25) is 0 Å². The van der Waals surface area contributed by atoms with Gasteiger partial charge < -0.3 is 29.8 Å². The Balaban J connectivity index is 0.00000364. The molecule has 2 rings (SSSR count). The van der Waals surface area contributed by atoms with Crippen molar-refractivity contribution in [1.29, 1.82) is 0 Å². The number of nitrogens with zero attached hydrogens (tertiary/aromatic N) is 2. The first-order valence-corrected chi connectivity index (χ1v) is 9.80. The molecule has 1 aliphatic heterocycles. The van der Waals surface area contributed by atoms with E-state index in [0.29, 0.717) is 13.2 Å². The van der Waals surface area contributed by atoms with Gasteiger partial charge >= 0.3 is 0 Å². The first-order chi connectivity index (χ1) is 12.8. The second-order valence-corrected chi connectivity index (χ2v) is 6.60. The molecule has 156 valence electrons. The Bertz CT molecular complexity index is 491. The second kappa shape index (κ2) is 15.1. The fourth-order valence-corrected chi connectivity index (χ4v) is 2.92. The number of halogens is 1. The smallest absolute Gasteiger partial charge is 0.191 e. The zero-order valence-electron chi connectivity index (χ0n) is 16.4. The minimum atomic E-state index is -0.0973. The predicted molar refractivity (Wildman–Crippen MR) is 119 cm³/mol. The summed E-state index contributed by atoms with van der Waals surface area (Å²) in [6, 6.07) is 3.78. The van der Waals surface area contributed by atoms with Crippen molar-refractivity contribution in [1.82, 2.24) is 15.5 Å². The van der Waals surface area contributed by atoms with Gasteiger partial charge in [0.25, 0.3) is 0 Å². The molecule has 0 atom stereocenters. The Labute approximate surface area is 180 Å². The maximum Gasteiger partial charge on any atom is 0.191 e. The number of aliphatic imine (C=N–C) groups is 1. The van der Waals surface area contributed by atoms with Crippen LogP contribution in [0, 0.1) is 0 Å². The van der Waals surface area contributed by atoms with Gasteiger partial charge in [0.15, 0.2) is 5.96 Å². The zero-order chi connectivity index (χ0) is 18.5. The van der Waals surface area contributed by atoms with Crippen LogP contribution in [-0.2, 0) is 11.3 Å². The number of likely N-dealkylation sites (tertiary alicyclic amines) is 1. The third-order valence-electron chi connectivity index (χ3n) is 4.39. The summed E-state index contributed by atoms with van der Waals surface area (Å²) in [6.45, 7) is 8.83. The zero-order valence-corrected chi connectivity index (χ0v) is 18.7. The van der Waals surface area contributed by atoms with Crippen LogP contribution in [0.4, 0.5) is 0 Å². The van der Waals surface area contributed by atoms with E-state index >= 15 is 0 Å². The highest BCUT2D eigenvalue weighted by molar-refractivity contribution is 14.0. The Morgan fingerprint density at radius 3 is 2.85 bits per heavy atom. The molecule has 1 aromatic rings. The molecule has 1 saturated heterocycles. The Morgan fingerprint density at radius 1 is 1.33 bits per heavy atom. The van der Waals surface area contributed by atoms with E-state index in [1.165, 1.54) is 0 Å². The van der Waals surface area contributed by atoms with E-state index in [-0.39, 0.29) is 30.1 Å². The van der Waals surface area contributed by atoms with Crippen LogP contribution in [-0.4, -0.2) is 67.9 Å². The largest absolute Gasteiger partial charge is 0.467 e. The number of piperidine rings is 1. The summed E-state index contributed by atoms with van der Waals surface area (Å²) in [5, 5.41) is 16.2. The van der Waals surface area contributed by atoms with Crippen molar-refractivity contribution in [2.75, 3.05) is 45.9 Å². The van der Waals surface area contributed by atoms with Gasteiger partial charge in [-0.2, -0.15) is 0 Å². The number of hydrogen-bond acceptors (Lipinski definition) is 5. The number of furan rings is 1. The molecule has 0 radical (unpaired) electrons. The van der Waals surface area contributed by atoms with Crippen molar-refractivity contribution in [3.05, 3.63) is 24.2 Å². The molecule has 3 N–H and O–H groups in total. The van der Waals surface area contributed by atoms with Gasteiger partial charge in [0, 0.05) is 39.3 Å². The monoisotopic (exact) mass is 494 g/mol. The van der Waals surface area contributed by atoms with Gasteiger partial charge in [-0.15, -0.1) is 24.0 Å². The highest BCUT2D eigenvalue weighted by atomic mass is 127. The van der Waals surface area contributed by atoms with Crippen LogP contribution in [0.1, 0.15) is 38.4 Å². The van der Waals surface area contributed by atoms with Gasteiger partial charge in [0.1, 0.15) is 12.4 Å². The lowest BCUT2D eigenvalue weighted by molar-refractivity contribution is 0.0823. The Kier molecular flexibility index (Phi) is 13.6. The van der Waals surface area contributed by atoms with Crippen molar-refractivity contribution in [2.45, 2.75) is 45.3 Å². The average Bonchev–Trinajstić information content (AvgIpc) is 3.16. The molecule has 0 aromatic carbocycles. The minimum Gasteiger partial charge on any atom is -0.467 e. The van der Waals surface area contributed by atoms with Crippen LogP contribution in [0.5, 0.6) is 0 Å². The van der Waals surface area contributed by atoms with E-state index in [0.717, 1.165) is 76.7 Å². The van der Waals surface area contributed by atoms with Crippen LogP contribution in [0.3, 0.4) is 0 Å². The average molecular weight is 494 g/mol. The molecule has 2 heterocycles. The summed E-state index contributed by atoms with van der Waals surface area (Å²) >= 11 is 0. The number of guanidine groups is 1. The molecular weight excluding hydrogens is 459 g/mol. The summed E-state index contributed by atoms with van der Waals surface area (Å²) in [4.78, 5) is 7.01. The van der Waals surface area contributed by atoms with Gasteiger partial charge in [-0.1, -0.05) is 0 Å². The molecule has 0 bridgehead atoms. The van der Waals surface area contributed by atoms with Gasteiger partial charge in [0.05, 0.1) is 12.4 Å². The predicted octanol–water partition coefficient (Wildman–Crippen LogP) is 2.21. The molecule has 0 unspecified atom stereocenters. The van der Waals surface area contributed by atoms with E-state index in [9.17, 15) is 5.11 Å². The summed E-state index contributed by atoms with van der Waals surface area (Å²) < 4.78 is 10.8. The number of ether oxygens (including phenoxy) is 1. The fourth-order valence-electron chi connectivity index (χ4n) is 2.92. The van der Waals surface area contributed by atoms with Crippen molar-refractivity contribution >= 4 is 29.9 Å². The fraction of sp³-hybridized carbons (Fsp3) is 0.737. The van der Waals surface area contributed by atoms with Gasteiger partial charge in [-0.3, -0.25) is 4.99 Å². The summed E-state index contributed by atoms with van der Waals surface area (Å²) in [6.07, 6.45) is 5.32. The number of rotatable bonds is 11. The standard InChI is InChI=1S/C19H34N4O3.HI/c1-2-20-19(21-9-4-11-23-12-7-17(24)8-13-23)22-10-5-14-25-16-18-6-3-15-26-18;/h3,6,15,17,24H,2,4-5,7-14,16H2,1H3,(H2,20,21,22);1H. The normalized spacial score (nSPS) is 16.1. The molecular formula is C19H35IN4O3. The highest BCUT2D eigenvalue weighted by Crippen LogP contribution is 2.09. The van der Waals surface area contributed by atoms with E-state index in [4.69, 9.17) is 9.15 Å². The van der Waals surface area contributed by atoms with Crippen molar-refractivity contribution < 1.29 is 14.3 Å². The first-order valence-electron chi connectivity index (χ1n) is 9.80. The van der Waals surface area contributed by atoms with Gasteiger partial charge in [0.2, 0.25) is 0 Å². The van der Waals surface area contributed by atoms with Crippen LogP contribution in [0.15, 0.2) is 27.8 Å². The molecule has 8 heteroatoms. The molecule has 1 aliphatic rings. The van der Waals surface area contributed by atoms with E-state index in [1.807, 2.05) is 12.1 Å². The van der Waals surface area contributed by atoms with Gasteiger partial charge in [-0.05, 0) is 51.3 Å². The number of hydrogen-bond donors (Lipinski definition) is 3. The number of nitrogens with one attached hydrogen (secondary N) is 2. The molecule has 0 spiro atoms. The first kappa shape index (κ1) is 24.2. The van der Waals surface area contributed by atoms with E-state index in [2.05, 4.69) is 27.4 Å². The molecule has 0 aliphatic carbocycles. The lowest BCUT2D eigenvalue weighted by Crippen LogP contribution is -2.40. The Hall–Kier alpha value is -0.840. The third kappa shape index (κ3) is 10.9. The third-order valence-corrected chi connectivity index (χ3v) is 4.39. The molecule has 0 saturated carbocycles. The molecule has 1 aromatic heterocycles. The van der Waals surface area contributed by atoms with Crippen molar-refractivity contribution in [3.63, 3.8) is 0 Å². The van der Waals surface area contributed by atoms with Crippen molar-refractivity contribution in [3.8, 4) is 0 Å². The summed E-state index contributed by atoms with van der Waals surface area (Å²) in [5.74, 6) is 1.72. The number of aliphatic hydroxyl groups is 1. The second-order valence-electron chi connectivity index (χ2n) is 6.60. The summed E-state index contributed by atoms with van der Waals surface area (Å²) in [5.41, 5.74) is 0. The molecule has 1 fully saturated rings. The SMILES string of the molecule is CCNC(=NCCCOCc1ccco1)NCCCN1CCC(O)CC1.I. The molecule has 27 heavy (non-hydrogen) atoms. The molecule has 0 amide bonds. The van der Waals surface area contributed by atoms with Gasteiger partial charge in [-0.25, -0.2) is 0 Å². The van der Waals surface area contributed by atoms with E-state index < -0.39 is 0 Å². The number of aliphatic hydroxyl groups excluding tert-OH is 1. The maximum atomic E-state index is 9.54. The lowest BCUT2D eigenvalue weighted by atomic mass is 10.1. The topological polar surface area (TPSA) is 82.3 Å². The highest BCUT2D eigenvalue weighted by Gasteiger charge is 2.15. The Morgan fingerprint density at radius 2 is 2.15 bits per heavy atom. The maximum absolute atomic E-state index is 9.54. The quantitative estimate of drug-likeness (QED) is 0.190. The lowest BCUT2D eigenvalue weighted by Gasteiger charge is -2.29. The minimum absolute atomic E-state index is 0. The van der Waals surface area contributed by atoms with Crippen LogP contribution in [0.25, 0.3) is 0 Å². The van der Waals surface area contributed by atoms with Crippen LogP contribution >= 0.6 is 24.0 Å². The van der Waals surface area contributed by atoms with E-state index in [1.54, 1.807) is 6.26 Å². The molecule has 7 nitrogen and oxygen atoms in total. The van der Waals surface area contributed by atoms with Crippen molar-refractivity contribution in [2.24, 2.45) is 4.99 Å².